The highest BCUT2D eigenvalue weighted by molar-refractivity contribution is 8.26. The zero-order chi connectivity index (χ0) is 25.1. The normalized spacial score (nSPS) is 22.8. The Morgan fingerprint density at radius 1 is 1.12 bits per heavy atom. The first kappa shape index (κ1) is 24.0. The van der Waals surface area contributed by atoms with Crippen molar-refractivity contribution in [1.29, 1.82) is 0 Å². The lowest BCUT2D eigenvalue weighted by Crippen LogP contribution is -2.52. The van der Waals surface area contributed by atoms with Crippen molar-refractivity contribution in [3.63, 3.8) is 0 Å². The van der Waals surface area contributed by atoms with Gasteiger partial charge in [0, 0.05) is 11.8 Å². The van der Waals surface area contributed by atoms with Crippen LogP contribution in [0.1, 0.15) is 32.0 Å². The van der Waals surface area contributed by atoms with E-state index in [1.54, 1.807) is 13.8 Å². The van der Waals surface area contributed by atoms with Crippen molar-refractivity contribution in [3.05, 3.63) is 47.9 Å². The van der Waals surface area contributed by atoms with E-state index in [9.17, 15) is 26.7 Å². The van der Waals surface area contributed by atoms with E-state index >= 15 is 0 Å². The van der Waals surface area contributed by atoms with Gasteiger partial charge in [0.25, 0.3) is 0 Å². The second kappa shape index (κ2) is 7.71. The van der Waals surface area contributed by atoms with Crippen LogP contribution in [0.15, 0.2) is 35.7 Å². The zero-order valence-electron chi connectivity index (χ0n) is 18.2. The number of aromatic nitrogens is 4. The molecular weight excluding hydrogens is 478 g/mol. The van der Waals surface area contributed by atoms with Gasteiger partial charge in [0.2, 0.25) is 5.95 Å². The summed E-state index contributed by atoms with van der Waals surface area (Å²) in [6.45, 7) is 4.60. The van der Waals surface area contributed by atoms with Crippen LogP contribution in [-0.2, 0) is 11.7 Å². The van der Waals surface area contributed by atoms with E-state index in [1.807, 2.05) is 0 Å². The third-order valence-electron chi connectivity index (χ3n) is 5.72. The predicted molar refractivity (Wildman–Crippen MR) is 121 cm³/mol. The average molecular weight is 499 g/mol. The van der Waals surface area contributed by atoms with Crippen LogP contribution in [0.4, 0.5) is 29.1 Å². The number of pyridine rings is 2. The Morgan fingerprint density at radius 2 is 1.82 bits per heavy atom. The number of fused-ring (bicyclic) bond motifs is 1. The van der Waals surface area contributed by atoms with Crippen LogP contribution in [0.25, 0.3) is 11.0 Å². The average Bonchev–Trinajstić information content (AvgIpc) is 2.72. The largest absolute Gasteiger partial charge is 0.434 e. The van der Waals surface area contributed by atoms with E-state index in [1.165, 1.54) is 25.3 Å². The number of nitrogens with zero attached hydrogens (tertiary/aromatic N) is 5. The zero-order valence-corrected chi connectivity index (χ0v) is 19.0. The predicted octanol–water partition coefficient (Wildman–Crippen LogP) is 4.44. The maximum atomic E-state index is 14.8. The van der Waals surface area contributed by atoms with Gasteiger partial charge in [0.05, 0.1) is 29.4 Å². The highest BCUT2D eigenvalue weighted by Crippen LogP contribution is 2.59. The summed E-state index contributed by atoms with van der Waals surface area (Å²) in [6.07, 6.45) is -1.66. The molecule has 0 bridgehead atoms. The lowest BCUT2D eigenvalue weighted by molar-refractivity contribution is -0.141. The fraction of sp³-hybridized carbons (Fsp3) is 0.350. The first-order chi connectivity index (χ1) is 15.6. The van der Waals surface area contributed by atoms with E-state index in [4.69, 9.17) is 5.73 Å². The minimum Gasteiger partial charge on any atom is -0.386 e. The molecule has 4 rings (SSSR count). The fourth-order valence-corrected chi connectivity index (χ4v) is 5.26. The number of alkyl halides is 3. The maximum Gasteiger partial charge on any atom is 0.434 e. The van der Waals surface area contributed by atoms with Crippen LogP contribution in [0.5, 0.6) is 0 Å². The first-order valence-electron chi connectivity index (χ1n) is 9.87. The molecule has 0 spiro atoms. The summed E-state index contributed by atoms with van der Waals surface area (Å²) in [5.74, 6) is -1.14. The molecule has 3 aromatic rings. The van der Waals surface area contributed by atoms with Crippen LogP contribution in [-0.4, -0.2) is 45.4 Å². The molecule has 182 valence electrons. The van der Waals surface area contributed by atoms with Crippen molar-refractivity contribution in [2.75, 3.05) is 11.1 Å². The third-order valence-corrected chi connectivity index (χ3v) is 8.52. The number of anilines is 2. The van der Waals surface area contributed by atoms with Gasteiger partial charge in [-0.2, -0.15) is 28.2 Å². The maximum absolute atomic E-state index is 14.8. The molecule has 0 amide bonds. The van der Waals surface area contributed by atoms with Gasteiger partial charge < -0.3 is 11.1 Å². The SMILES string of the molecule is CC1(C)C(N)=N[C@](C)(c2cc(Nc3nccc4nc(C(F)(F)F)cnc34)cnc2F)CS1(O)O. The number of nitrogens with one attached hydrogen (secondary N) is 1. The van der Waals surface area contributed by atoms with Crippen LogP contribution in [0.2, 0.25) is 0 Å². The van der Waals surface area contributed by atoms with Crippen LogP contribution < -0.4 is 11.1 Å². The molecule has 1 aliphatic rings. The Kier molecular flexibility index (Phi) is 5.45. The Hall–Kier alpha value is -3.10. The summed E-state index contributed by atoms with van der Waals surface area (Å²) in [5, 5.41) is 2.86. The van der Waals surface area contributed by atoms with E-state index in [0.717, 1.165) is 6.20 Å². The molecule has 9 nitrogen and oxygen atoms in total. The quantitative estimate of drug-likeness (QED) is 0.306. The lowest BCUT2D eigenvalue weighted by Gasteiger charge is -2.53. The number of hydrogen-bond donors (Lipinski definition) is 4. The molecular formula is C20H21F4N7O2S. The van der Waals surface area contributed by atoms with E-state index in [-0.39, 0.29) is 39.7 Å². The van der Waals surface area contributed by atoms with Gasteiger partial charge in [-0.05, 0) is 32.9 Å². The van der Waals surface area contributed by atoms with Crippen molar-refractivity contribution in [2.45, 2.75) is 37.2 Å². The van der Waals surface area contributed by atoms with Crippen molar-refractivity contribution < 1.29 is 26.7 Å². The number of amidine groups is 1. The topological polar surface area (TPSA) is 142 Å². The molecule has 0 aliphatic carbocycles. The van der Waals surface area contributed by atoms with Gasteiger partial charge in [0.1, 0.15) is 21.6 Å². The Morgan fingerprint density at radius 3 is 2.47 bits per heavy atom. The molecule has 0 unspecified atom stereocenters. The second-order valence-corrected chi connectivity index (χ2v) is 11.2. The molecule has 14 heteroatoms. The van der Waals surface area contributed by atoms with Gasteiger partial charge in [-0.25, -0.2) is 19.9 Å². The Labute approximate surface area is 192 Å². The summed E-state index contributed by atoms with van der Waals surface area (Å²) in [7, 11) is -3.29. The number of halogens is 4. The molecule has 1 aliphatic heterocycles. The van der Waals surface area contributed by atoms with Crippen molar-refractivity contribution in [3.8, 4) is 0 Å². The number of rotatable bonds is 3. The summed E-state index contributed by atoms with van der Waals surface area (Å²) in [6, 6.07) is 2.63. The standard InChI is InChI=1S/C20H21F4N7O2S/c1-18(2)17(25)31-19(3,9-34(18,32)33)11-6-10(7-28-15(11)21)29-16-14-12(4-5-26-16)30-13(8-27-14)20(22,23)24/h4-8,32-33H,9H2,1-3H3,(H2,25,31)(H,26,29)/t19-/m0/s1. The highest BCUT2D eigenvalue weighted by Gasteiger charge is 2.49. The van der Waals surface area contributed by atoms with Gasteiger partial charge in [-0.15, -0.1) is 0 Å². The van der Waals surface area contributed by atoms with Crippen molar-refractivity contribution in [2.24, 2.45) is 10.7 Å². The molecule has 0 saturated carbocycles. The summed E-state index contributed by atoms with van der Waals surface area (Å²) < 4.78 is 73.8. The van der Waals surface area contributed by atoms with Crippen molar-refractivity contribution in [1.82, 2.24) is 19.9 Å². The number of aliphatic imine (C=N–C) groups is 1. The Balaban J connectivity index is 1.74. The number of nitrogens with two attached hydrogens (primary N) is 1. The first-order valence-corrected chi connectivity index (χ1v) is 11.6. The second-order valence-electron chi connectivity index (χ2n) is 8.56. The lowest BCUT2D eigenvalue weighted by atomic mass is 9.94. The van der Waals surface area contributed by atoms with Crippen LogP contribution in [0, 0.1) is 5.95 Å². The minimum absolute atomic E-state index is 0.0366. The third kappa shape index (κ3) is 4.01. The Bertz CT molecular complexity index is 1320. The molecule has 0 fully saturated rings. The van der Waals surface area contributed by atoms with E-state index in [0.29, 0.717) is 6.20 Å². The molecule has 1 atom stereocenters. The van der Waals surface area contributed by atoms with Gasteiger partial charge in [-0.3, -0.25) is 14.1 Å². The smallest absolute Gasteiger partial charge is 0.386 e. The number of hydrogen-bond acceptors (Lipinski definition) is 9. The monoisotopic (exact) mass is 499 g/mol. The van der Waals surface area contributed by atoms with Gasteiger partial charge in [-0.1, -0.05) is 0 Å². The molecule has 0 saturated heterocycles. The summed E-state index contributed by atoms with van der Waals surface area (Å²) in [5.41, 5.74) is 3.60. The fourth-order valence-electron chi connectivity index (χ4n) is 3.52. The molecule has 4 heterocycles. The summed E-state index contributed by atoms with van der Waals surface area (Å²) in [4.78, 5) is 19.6. The van der Waals surface area contributed by atoms with E-state index < -0.39 is 38.7 Å². The van der Waals surface area contributed by atoms with Crippen LogP contribution in [0.3, 0.4) is 0 Å². The minimum atomic E-state index is -4.66. The van der Waals surface area contributed by atoms with Gasteiger partial charge >= 0.3 is 6.18 Å². The summed E-state index contributed by atoms with van der Waals surface area (Å²) >= 11 is 0. The highest BCUT2D eigenvalue weighted by atomic mass is 32.3. The molecule has 3 aromatic heterocycles. The van der Waals surface area contributed by atoms with E-state index in [2.05, 4.69) is 30.2 Å². The van der Waals surface area contributed by atoms with Gasteiger partial charge in [0.15, 0.2) is 11.5 Å². The molecule has 5 N–H and O–H groups in total. The van der Waals surface area contributed by atoms with Crippen molar-refractivity contribution >= 4 is 39.0 Å². The molecule has 0 aromatic carbocycles. The van der Waals surface area contributed by atoms with Crippen LogP contribution >= 0.6 is 10.6 Å². The molecule has 0 radical (unpaired) electrons. The molecule has 34 heavy (non-hydrogen) atoms.